The van der Waals surface area contributed by atoms with Crippen molar-refractivity contribution in [1.29, 1.82) is 0 Å². The van der Waals surface area contributed by atoms with E-state index in [0.29, 0.717) is 34.3 Å². The normalized spacial score (nSPS) is 12.7. The maximum atomic E-state index is 12.4. The first kappa shape index (κ1) is 19.7. The smallest absolute Gasteiger partial charge is 0.261 e. The Kier molecular flexibility index (Phi) is 5.80. The van der Waals surface area contributed by atoms with E-state index in [0.717, 1.165) is 22.0 Å². The van der Waals surface area contributed by atoms with Crippen LogP contribution in [0.4, 0.5) is 5.13 Å². The lowest BCUT2D eigenvalue weighted by Gasteiger charge is -2.10. The molecule has 152 valence electrons. The number of imide groups is 1. The van der Waals surface area contributed by atoms with Crippen molar-refractivity contribution in [1.82, 2.24) is 15.1 Å². The average molecular weight is 422 g/mol. The zero-order valence-electron chi connectivity index (χ0n) is 15.9. The first-order valence-electron chi connectivity index (χ1n) is 9.37. The number of rotatable bonds is 8. The largest absolute Gasteiger partial charge is 0.494 e. The van der Waals surface area contributed by atoms with Crippen molar-refractivity contribution in [3.8, 4) is 5.75 Å². The predicted molar refractivity (Wildman–Crippen MR) is 110 cm³/mol. The van der Waals surface area contributed by atoms with E-state index in [4.69, 9.17) is 4.74 Å². The van der Waals surface area contributed by atoms with Crippen LogP contribution in [0.3, 0.4) is 0 Å². The van der Waals surface area contributed by atoms with E-state index in [1.165, 1.54) is 0 Å². The van der Waals surface area contributed by atoms with Gasteiger partial charge in [0.1, 0.15) is 10.8 Å². The van der Waals surface area contributed by atoms with Gasteiger partial charge in [0.2, 0.25) is 11.0 Å². The number of carbonyl (C=O) groups is 3. The second-order valence-corrected chi connectivity index (χ2v) is 7.62. The van der Waals surface area contributed by atoms with E-state index in [9.17, 15) is 14.4 Å². The Balaban J connectivity index is 1.26. The van der Waals surface area contributed by atoms with Gasteiger partial charge < -0.3 is 10.1 Å². The minimum atomic E-state index is -0.352. The molecular formula is C21H18N4O4S. The maximum Gasteiger partial charge on any atom is 0.261 e. The third kappa shape index (κ3) is 4.36. The van der Waals surface area contributed by atoms with E-state index < -0.39 is 0 Å². The molecule has 3 amide bonds. The Morgan fingerprint density at radius 1 is 0.967 bits per heavy atom. The first-order valence-corrected chi connectivity index (χ1v) is 10.2. The molecule has 0 bridgehead atoms. The van der Waals surface area contributed by atoms with Crippen LogP contribution in [0.15, 0.2) is 54.6 Å². The number of amides is 3. The van der Waals surface area contributed by atoms with Crippen LogP contribution in [0.1, 0.15) is 38.6 Å². The van der Waals surface area contributed by atoms with Crippen molar-refractivity contribution >= 4 is 34.2 Å². The number of hydrogen-bond acceptors (Lipinski definition) is 7. The predicted octanol–water partition coefficient (Wildman–Crippen LogP) is 3.13. The minimum Gasteiger partial charge on any atom is -0.494 e. The number of para-hydroxylation sites is 1. The highest BCUT2D eigenvalue weighted by Crippen LogP contribution is 2.26. The van der Waals surface area contributed by atoms with Crippen LogP contribution in [-0.2, 0) is 11.3 Å². The molecule has 2 heterocycles. The van der Waals surface area contributed by atoms with E-state index in [1.54, 1.807) is 24.3 Å². The minimum absolute atomic E-state index is 0.0187. The molecule has 8 nitrogen and oxygen atoms in total. The van der Waals surface area contributed by atoms with Crippen molar-refractivity contribution in [3.63, 3.8) is 0 Å². The summed E-state index contributed by atoms with van der Waals surface area (Å²) in [5.74, 6) is -0.139. The maximum absolute atomic E-state index is 12.4. The van der Waals surface area contributed by atoms with Crippen molar-refractivity contribution in [3.05, 3.63) is 70.7 Å². The fraction of sp³-hybridized carbons (Fsp3) is 0.190. The molecule has 0 atom stereocenters. The number of carbonyl (C=O) groups excluding carboxylic acids is 3. The summed E-state index contributed by atoms with van der Waals surface area (Å²) in [6, 6.07) is 16.1. The van der Waals surface area contributed by atoms with Crippen molar-refractivity contribution in [2.45, 2.75) is 19.4 Å². The third-order valence-electron chi connectivity index (χ3n) is 4.44. The second kappa shape index (κ2) is 8.83. The molecule has 0 unspecified atom stereocenters. The second-order valence-electron chi connectivity index (χ2n) is 6.56. The number of nitrogens with zero attached hydrogens (tertiary/aromatic N) is 3. The summed E-state index contributed by atoms with van der Waals surface area (Å²) in [6.07, 6.45) is 0.835. The zero-order valence-corrected chi connectivity index (χ0v) is 16.7. The zero-order chi connectivity index (χ0) is 20.9. The van der Waals surface area contributed by atoms with Crippen LogP contribution < -0.4 is 10.1 Å². The van der Waals surface area contributed by atoms with Crippen LogP contribution >= 0.6 is 11.3 Å². The Hall–Kier alpha value is -3.59. The summed E-state index contributed by atoms with van der Waals surface area (Å²) in [4.78, 5) is 38.1. The number of benzene rings is 2. The molecule has 0 saturated heterocycles. The van der Waals surface area contributed by atoms with Gasteiger partial charge in [0.15, 0.2) is 0 Å². The van der Waals surface area contributed by atoms with Gasteiger partial charge in [-0.15, -0.1) is 10.2 Å². The van der Waals surface area contributed by atoms with Crippen LogP contribution in [0.2, 0.25) is 0 Å². The van der Waals surface area contributed by atoms with Crippen molar-refractivity contribution < 1.29 is 19.1 Å². The molecule has 0 aliphatic carbocycles. The monoisotopic (exact) mass is 422 g/mol. The molecule has 1 aliphatic rings. The quantitative estimate of drug-likeness (QED) is 0.442. The van der Waals surface area contributed by atoms with Gasteiger partial charge >= 0.3 is 0 Å². The highest BCUT2D eigenvalue weighted by atomic mass is 32.1. The molecule has 0 radical (unpaired) electrons. The summed E-state index contributed by atoms with van der Waals surface area (Å²) in [6.45, 7) is 0.448. The molecule has 0 spiro atoms. The lowest BCUT2D eigenvalue weighted by atomic mass is 10.1. The molecule has 1 N–H and O–H groups in total. The molecule has 0 saturated carbocycles. The molecule has 9 heteroatoms. The molecule has 2 aromatic carbocycles. The molecular weight excluding hydrogens is 404 g/mol. The van der Waals surface area contributed by atoms with Gasteiger partial charge in [-0.2, -0.15) is 0 Å². The van der Waals surface area contributed by atoms with Gasteiger partial charge in [0.25, 0.3) is 11.8 Å². The summed E-state index contributed by atoms with van der Waals surface area (Å²) in [7, 11) is 0. The number of anilines is 1. The number of ether oxygens (including phenoxy) is 1. The highest BCUT2D eigenvalue weighted by molar-refractivity contribution is 7.15. The van der Waals surface area contributed by atoms with E-state index in [2.05, 4.69) is 15.5 Å². The van der Waals surface area contributed by atoms with Crippen molar-refractivity contribution in [2.24, 2.45) is 0 Å². The number of aromatic nitrogens is 2. The van der Waals surface area contributed by atoms with E-state index >= 15 is 0 Å². The molecule has 4 rings (SSSR count). The van der Waals surface area contributed by atoms with E-state index in [1.807, 2.05) is 30.3 Å². The topological polar surface area (TPSA) is 101 Å². The number of hydrogen-bond donors (Lipinski definition) is 1. The summed E-state index contributed by atoms with van der Waals surface area (Å²) in [5, 5.41) is 11.4. The first-order chi connectivity index (χ1) is 14.6. The van der Waals surface area contributed by atoms with Crippen LogP contribution in [0.5, 0.6) is 5.75 Å². The van der Waals surface area contributed by atoms with Crippen molar-refractivity contribution in [2.75, 3.05) is 11.9 Å². The average Bonchev–Trinajstić information content (AvgIpc) is 3.30. The Bertz CT molecular complexity index is 1050. The standard InChI is InChI=1S/C21H18N4O4S/c26-17(11-6-12-29-14-7-2-1-3-8-14)22-21-24-23-18(30-21)13-25-19(27)15-9-4-5-10-16(15)20(25)28/h1-5,7-10H,6,11-13H2,(H,22,24,26). The molecule has 0 fully saturated rings. The summed E-state index contributed by atoms with van der Waals surface area (Å²) < 4.78 is 5.56. The summed E-state index contributed by atoms with van der Waals surface area (Å²) in [5.41, 5.74) is 0.775. The summed E-state index contributed by atoms with van der Waals surface area (Å²) >= 11 is 1.14. The van der Waals surface area contributed by atoms with Gasteiger partial charge in [-0.05, 0) is 30.7 Å². The SMILES string of the molecule is O=C(CCCOc1ccccc1)Nc1nnc(CN2C(=O)c3ccccc3C2=O)s1. The fourth-order valence-corrected chi connectivity index (χ4v) is 3.75. The Labute approximate surface area is 176 Å². The molecule has 1 aliphatic heterocycles. The van der Waals surface area contributed by atoms with Gasteiger partial charge in [-0.3, -0.25) is 19.3 Å². The molecule has 30 heavy (non-hydrogen) atoms. The Morgan fingerprint density at radius 2 is 1.63 bits per heavy atom. The van der Waals surface area contributed by atoms with Gasteiger partial charge in [0, 0.05) is 6.42 Å². The lowest BCUT2D eigenvalue weighted by molar-refractivity contribution is -0.116. The van der Waals surface area contributed by atoms with E-state index in [-0.39, 0.29) is 30.7 Å². The third-order valence-corrected chi connectivity index (χ3v) is 5.27. The fourth-order valence-electron chi connectivity index (χ4n) is 3.01. The highest BCUT2D eigenvalue weighted by Gasteiger charge is 2.35. The lowest BCUT2D eigenvalue weighted by Crippen LogP contribution is -2.29. The van der Waals surface area contributed by atoms with Crippen LogP contribution in [-0.4, -0.2) is 39.4 Å². The number of fused-ring (bicyclic) bond motifs is 1. The number of nitrogens with one attached hydrogen (secondary N) is 1. The van der Waals surface area contributed by atoms with Crippen LogP contribution in [0.25, 0.3) is 0 Å². The van der Waals surface area contributed by atoms with Gasteiger partial charge in [-0.1, -0.05) is 41.7 Å². The van der Waals surface area contributed by atoms with Gasteiger partial charge in [0.05, 0.1) is 24.3 Å². The molecule has 1 aromatic heterocycles. The Morgan fingerprint density at radius 3 is 2.33 bits per heavy atom. The van der Waals surface area contributed by atoms with Crippen LogP contribution in [0, 0.1) is 0 Å². The van der Waals surface area contributed by atoms with Gasteiger partial charge in [-0.25, -0.2) is 0 Å². The molecule has 3 aromatic rings.